The van der Waals surface area contributed by atoms with E-state index in [1.807, 2.05) is 6.07 Å². The van der Waals surface area contributed by atoms with Crippen LogP contribution in [0.3, 0.4) is 0 Å². The summed E-state index contributed by atoms with van der Waals surface area (Å²) in [4.78, 5) is 24.2. The lowest BCUT2D eigenvalue weighted by Crippen LogP contribution is -2.46. The number of methoxy groups -OCH3 is 1. The van der Waals surface area contributed by atoms with Gasteiger partial charge in [-0.1, -0.05) is 12.1 Å². The number of nitrogens with one attached hydrogen (secondary N) is 2. The summed E-state index contributed by atoms with van der Waals surface area (Å²) in [6.45, 7) is 1.51. The quantitative estimate of drug-likeness (QED) is 0.705. The minimum atomic E-state index is -1.26. The third-order valence-electron chi connectivity index (χ3n) is 5.03. The van der Waals surface area contributed by atoms with E-state index in [0.29, 0.717) is 17.7 Å². The number of ether oxygens (including phenoxy) is 1. The zero-order valence-corrected chi connectivity index (χ0v) is 15.8. The topological polar surface area (TPSA) is 87.7 Å². The van der Waals surface area contributed by atoms with Gasteiger partial charge in [-0.25, -0.2) is 4.39 Å². The Morgan fingerprint density at radius 2 is 2.00 bits per heavy atom. The van der Waals surface area contributed by atoms with Gasteiger partial charge in [-0.15, -0.1) is 0 Å². The van der Waals surface area contributed by atoms with Crippen molar-refractivity contribution in [3.8, 4) is 5.75 Å². The van der Waals surface area contributed by atoms with E-state index in [4.69, 9.17) is 4.74 Å². The second kappa shape index (κ2) is 7.98. The van der Waals surface area contributed by atoms with Crippen LogP contribution in [0.1, 0.15) is 29.5 Å². The Kier molecular flexibility index (Phi) is 5.65. The molecular formula is C21H23FN2O4. The van der Waals surface area contributed by atoms with Crippen molar-refractivity contribution in [1.82, 2.24) is 5.32 Å². The summed E-state index contributed by atoms with van der Waals surface area (Å²) in [6.07, 6.45) is 2.03. The van der Waals surface area contributed by atoms with Crippen LogP contribution in [-0.4, -0.2) is 30.6 Å². The average Bonchev–Trinajstić information content (AvgIpc) is 2.68. The molecule has 3 N–H and O–H groups in total. The molecule has 0 saturated carbocycles. The molecule has 7 heteroatoms. The zero-order valence-electron chi connectivity index (χ0n) is 15.8. The summed E-state index contributed by atoms with van der Waals surface area (Å²) in [6, 6.07) is 9.60. The van der Waals surface area contributed by atoms with E-state index in [0.717, 1.165) is 30.0 Å². The molecule has 0 spiro atoms. The molecule has 1 aliphatic rings. The van der Waals surface area contributed by atoms with Crippen LogP contribution >= 0.6 is 0 Å². The summed E-state index contributed by atoms with van der Waals surface area (Å²) >= 11 is 0. The Morgan fingerprint density at radius 1 is 1.21 bits per heavy atom. The normalized spacial score (nSPS) is 18.1. The van der Waals surface area contributed by atoms with Crippen molar-refractivity contribution in [2.75, 3.05) is 19.0 Å². The summed E-state index contributed by atoms with van der Waals surface area (Å²) < 4.78 is 18.8. The number of fused-ring (bicyclic) bond motifs is 1. The van der Waals surface area contributed by atoms with Gasteiger partial charge in [-0.2, -0.15) is 0 Å². The lowest BCUT2D eigenvalue weighted by atomic mass is 9.79. The van der Waals surface area contributed by atoms with Crippen molar-refractivity contribution >= 4 is 17.5 Å². The summed E-state index contributed by atoms with van der Waals surface area (Å²) in [5.41, 5.74) is 1.06. The molecule has 1 unspecified atom stereocenters. The second-order valence-corrected chi connectivity index (χ2v) is 7.01. The van der Waals surface area contributed by atoms with E-state index < -0.39 is 23.2 Å². The number of halogens is 1. The third kappa shape index (κ3) is 4.14. The Morgan fingerprint density at radius 3 is 2.71 bits per heavy atom. The van der Waals surface area contributed by atoms with Gasteiger partial charge in [0.05, 0.1) is 13.7 Å². The summed E-state index contributed by atoms with van der Waals surface area (Å²) in [5, 5.41) is 15.9. The molecule has 0 saturated heterocycles. The molecule has 0 radical (unpaired) electrons. The van der Waals surface area contributed by atoms with Crippen molar-refractivity contribution < 1.29 is 23.8 Å². The number of anilines is 1. The Bertz CT molecular complexity index is 915. The standard InChI is InChI=1S/C21H23FN2O4/c1-13-5-6-15(11-18(13)22)24-20(26)19(25)23-12-21(27)9-3-4-14-10-16(28-2)7-8-17(14)21/h5-8,10-11,27H,3-4,9,12H2,1-2H3,(H,23,25)(H,24,26). The van der Waals surface area contributed by atoms with Crippen molar-refractivity contribution in [3.05, 3.63) is 58.9 Å². The largest absolute Gasteiger partial charge is 0.497 e. The van der Waals surface area contributed by atoms with Crippen LogP contribution in [0, 0.1) is 12.7 Å². The van der Waals surface area contributed by atoms with Gasteiger partial charge in [-0.05, 0) is 67.1 Å². The minimum Gasteiger partial charge on any atom is -0.497 e. The summed E-state index contributed by atoms with van der Waals surface area (Å²) in [7, 11) is 1.58. The van der Waals surface area contributed by atoms with Gasteiger partial charge in [-0.3, -0.25) is 9.59 Å². The predicted molar refractivity (Wildman–Crippen MR) is 103 cm³/mol. The minimum absolute atomic E-state index is 0.0964. The van der Waals surface area contributed by atoms with Crippen molar-refractivity contribution in [3.63, 3.8) is 0 Å². The third-order valence-corrected chi connectivity index (χ3v) is 5.03. The van der Waals surface area contributed by atoms with Gasteiger partial charge in [0.2, 0.25) is 0 Å². The first-order chi connectivity index (χ1) is 13.3. The van der Waals surface area contributed by atoms with E-state index in [-0.39, 0.29) is 12.2 Å². The fourth-order valence-electron chi connectivity index (χ4n) is 3.41. The first-order valence-electron chi connectivity index (χ1n) is 9.07. The molecule has 0 aliphatic heterocycles. The number of amides is 2. The number of benzene rings is 2. The molecule has 0 aromatic heterocycles. The molecule has 1 atom stereocenters. The fraction of sp³-hybridized carbons (Fsp3) is 0.333. The van der Waals surface area contributed by atoms with Crippen molar-refractivity contribution in [2.24, 2.45) is 0 Å². The highest BCUT2D eigenvalue weighted by Crippen LogP contribution is 2.36. The maximum absolute atomic E-state index is 13.6. The fourth-order valence-corrected chi connectivity index (χ4v) is 3.41. The van der Waals surface area contributed by atoms with Gasteiger partial charge in [0, 0.05) is 5.69 Å². The number of aliphatic hydroxyl groups is 1. The molecule has 1 aliphatic carbocycles. The number of rotatable bonds is 4. The Hall–Kier alpha value is -2.93. The molecular weight excluding hydrogens is 363 g/mol. The monoisotopic (exact) mass is 386 g/mol. The first kappa shape index (κ1) is 19.8. The highest BCUT2D eigenvalue weighted by molar-refractivity contribution is 6.39. The predicted octanol–water partition coefficient (Wildman–Crippen LogP) is 2.42. The molecule has 0 bridgehead atoms. The molecule has 3 rings (SSSR count). The molecule has 2 aromatic rings. The smallest absolute Gasteiger partial charge is 0.313 e. The zero-order chi connectivity index (χ0) is 20.3. The van der Waals surface area contributed by atoms with Crippen LogP contribution in [0.5, 0.6) is 5.75 Å². The number of carbonyl (C=O) groups is 2. The van der Waals surface area contributed by atoms with Gasteiger partial charge in [0.25, 0.3) is 0 Å². The maximum atomic E-state index is 13.6. The van der Waals surface area contributed by atoms with E-state index in [1.54, 1.807) is 26.2 Å². The van der Waals surface area contributed by atoms with Crippen LogP contribution in [0.15, 0.2) is 36.4 Å². The number of carbonyl (C=O) groups excluding carboxylic acids is 2. The van der Waals surface area contributed by atoms with E-state index in [2.05, 4.69) is 10.6 Å². The van der Waals surface area contributed by atoms with Crippen molar-refractivity contribution in [2.45, 2.75) is 31.8 Å². The number of hydrogen-bond donors (Lipinski definition) is 3. The Labute approximate surface area is 162 Å². The molecule has 0 fully saturated rings. The van der Waals surface area contributed by atoms with Crippen LogP contribution in [0.25, 0.3) is 0 Å². The van der Waals surface area contributed by atoms with Crippen LogP contribution in [-0.2, 0) is 21.6 Å². The van der Waals surface area contributed by atoms with Gasteiger partial charge in [0.15, 0.2) is 0 Å². The first-order valence-corrected chi connectivity index (χ1v) is 9.07. The lowest BCUT2D eigenvalue weighted by Gasteiger charge is -2.34. The van der Waals surface area contributed by atoms with Gasteiger partial charge >= 0.3 is 11.8 Å². The SMILES string of the molecule is COc1ccc2c(c1)CCCC2(O)CNC(=O)C(=O)Nc1ccc(C)c(F)c1. The number of hydrogen-bond acceptors (Lipinski definition) is 4. The lowest BCUT2D eigenvalue weighted by molar-refractivity contribution is -0.137. The second-order valence-electron chi connectivity index (χ2n) is 7.01. The van der Waals surface area contributed by atoms with E-state index in [9.17, 15) is 19.1 Å². The summed E-state index contributed by atoms with van der Waals surface area (Å²) in [5.74, 6) is -1.58. The molecule has 28 heavy (non-hydrogen) atoms. The highest BCUT2D eigenvalue weighted by atomic mass is 19.1. The van der Waals surface area contributed by atoms with Gasteiger partial charge in [0.1, 0.15) is 17.2 Å². The number of aryl methyl sites for hydroxylation is 2. The Balaban J connectivity index is 1.65. The molecule has 148 valence electrons. The van der Waals surface area contributed by atoms with Crippen LogP contribution in [0.4, 0.5) is 10.1 Å². The molecule has 2 aromatic carbocycles. The van der Waals surface area contributed by atoms with Crippen molar-refractivity contribution in [1.29, 1.82) is 0 Å². The molecule has 6 nitrogen and oxygen atoms in total. The van der Waals surface area contributed by atoms with E-state index >= 15 is 0 Å². The molecule has 2 amide bonds. The van der Waals surface area contributed by atoms with Crippen LogP contribution in [0.2, 0.25) is 0 Å². The van der Waals surface area contributed by atoms with Crippen LogP contribution < -0.4 is 15.4 Å². The highest BCUT2D eigenvalue weighted by Gasteiger charge is 2.35. The average molecular weight is 386 g/mol. The van der Waals surface area contributed by atoms with Gasteiger partial charge < -0.3 is 20.5 Å². The maximum Gasteiger partial charge on any atom is 0.313 e. The molecule has 0 heterocycles. The van der Waals surface area contributed by atoms with E-state index in [1.165, 1.54) is 12.1 Å².